The van der Waals surface area contributed by atoms with Crippen molar-refractivity contribution in [3.05, 3.63) is 29.8 Å². The van der Waals surface area contributed by atoms with Crippen LogP contribution in [-0.4, -0.2) is 48.8 Å². The van der Waals surface area contributed by atoms with Crippen molar-refractivity contribution in [1.82, 2.24) is 4.90 Å². The van der Waals surface area contributed by atoms with E-state index in [-0.39, 0.29) is 18.1 Å². The zero-order chi connectivity index (χ0) is 16.3. The Morgan fingerprint density at radius 3 is 2.27 bits per heavy atom. The molecule has 1 aromatic rings. The molecule has 22 heavy (non-hydrogen) atoms. The Morgan fingerprint density at radius 2 is 1.77 bits per heavy atom. The predicted octanol–water partition coefficient (Wildman–Crippen LogP) is 2.50. The van der Waals surface area contributed by atoms with Crippen molar-refractivity contribution in [1.29, 1.82) is 0 Å². The van der Waals surface area contributed by atoms with Gasteiger partial charge >= 0.3 is 12.1 Å². The third-order valence-electron chi connectivity index (χ3n) is 3.21. The van der Waals surface area contributed by atoms with Gasteiger partial charge in [0.05, 0.1) is 18.7 Å². The lowest BCUT2D eigenvalue weighted by Crippen LogP contribution is -2.57. The van der Waals surface area contributed by atoms with Gasteiger partial charge in [0.2, 0.25) is 0 Å². The number of esters is 1. The Morgan fingerprint density at radius 1 is 1.18 bits per heavy atom. The lowest BCUT2D eigenvalue weighted by atomic mass is 10.1. The molecule has 1 fully saturated rings. The van der Waals surface area contributed by atoms with Crippen LogP contribution in [0.3, 0.4) is 0 Å². The summed E-state index contributed by atoms with van der Waals surface area (Å²) in [5.74, 6) is -0.355. The van der Waals surface area contributed by atoms with Crippen molar-refractivity contribution in [3.8, 4) is 0 Å². The topological polar surface area (TPSA) is 67.9 Å². The Hall–Kier alpha value is -2.24. The van der Waals surface area contributed by atoms with Crippen LogP contribution in [0.15, 0.2) is 24.3 Å². The first-order valence-corrected chi connectivity index (χ1v) is 7.21. The van der Waals surface area contributed by atoms with Gasteiger partial charge in [-0.3, -0.25) is 0 Å². The first-order valence-electron chi connectivity index (χ1n) is 7.21. The average molecular weight is 306 g/mol. The summed E-state index contributed by atoms with van der Waals surface area (Å²) in [5, 5.41) is 3.31. The second kappa shape index (κ2) is 6.25. The largest absolute Gasteiger partial charge is 0.465 e. The lowest BCUT2D eigenvalue weighted by molar-refractivity contribution is 0.0105. The number of carbonyl (C=O) groups is 2. The number of likely N-dealkylation sites (tertiary alicyclic amines) is 1. The summed E-state index contributed by atoms with van der Waals surface area (Å²) >= 11 is 0. The highest BCUT2D eigenvalue weighted by molar-refractivity contribution is 5.89. The van der Waals surface area contributed by atoms with Crippen LogP contribution in [0.25, 0.3) is 0 Å². The van der Waals surface area contributed by atoms with E-state index in [2.05, 4.69) is 10.1 Å². The molecule has 1 heterocycles. The van der Waals surface area contributed by atoms with E-state index in [0.717, 1.165) is 5.69 Å². The highest BCUT2D eigenvalue weighted by Gasteiger charge is 2.33. The van der Waals surface area contributed by atoms with E-state index < -0.39 is 5.60 Å². The van der Waals surface area contributed by atoms with Gasteiger partial charge < -0.3 is 19.7 Å². The number of methoxy groups -OCH3 is 1. The van der Waals surface area contributed by atoms with Crippen molar-refractivity contribution < 1.29 is 19.1 Å². The van der Waals surface area contributed by atoms with Crippen LogP contribution in [-0.2, 0) is 9.47 Å². The fourth-order valence-corrected chi connectivity index (χ4v) is 2.10. The Labute approximate surface area is 130 Å². The predicted molar refractivity (Wildman–Crippen MR) is 83.0 cm³/mol. The maximum Gasteiger partial charge on any atom is 0.410 e. The first-order chi connectivity index (χ1) is 10.3. The number of carbonyl (C=O) groups excluding carboxylic acids is 2. The normalized spacial score (nSPS) is 15.0. The molecule has 0 saturated carbocycles. The van der Waals surface area contributed by atoms with Gasteiger partial charge in [-0.2, -0.15) is 0 Å². The third kappa shape index (κ3) is 4.13. The standard InChI is InChI=1S/C16H22N2O4/c1-16(2,3)22-15(20)18-9-13(10-18)17-12-7-5-11(6-8-12)14(19)21-4/h5-8,13,17H,9-10H2,1-4H3. The minimum absolute atomic E-state index is 0.191. The molecular weight excluding hydrogens is 284 g/mol. The summed E-state index contributed by atoms with van der Waals surface area (Å²) in [6, 6.07) is 7.25. The monoisotopic (exact) mass is 306 g/mol. The Kier molecular flexibility index (Phi) is 4.59. The fraction of sp³-hybridized carbons (Fsp3) is 0.500. The molecule has 1 aliphatic heterocycles. The zero-order valence-electron chi connectivity index (χ0n) is 13.4. The molecule has 2 rings (SSSR count). The quantitative estimate of drug-likeness (QED) is 0.869. The van der Waals surface area contributed by atoms with E-state index in [1.54, 1.807) is 17.0 Å². The van der Waals surface area contributed by atoms with Gasteiger partial charge in [-0.15, -0.1) is 0 Å². The summed E-state index contributed by atoms with van der Waals surface area (Å²) in [7, 11) is 1.36. The van der Waals surface area contributed by atoms with Gasteiger partial charge in [0, 0.05) is 18.8 Å². The molecule has 0 bridgehead atoms. The number of benzene rings is 1. The minimum atomic E-state index is -0.473. The number of hydrogen-bond acceptors (Lipinski definition) is 5. The van der Waals surface area contributed by atoms with E-state index in [1.807, 2.05) is 32.9 Å². The number of ether oxygens (including phenoxy) is 2. The van der Waals surface area contributed by atoms with Crippen LogP contribution in [0.5, 0.6) is 0 Å². The molecule has 6 heteroatoms. The molecular formula is C16H22N2O4. The molecule has 1 N–H and O–H groups in total. The van der Waals surface area contributed by atoms with Crippen LogP contribution in [0.2, 0.25) is 0 Å². The number of anilines is 1. The minimum Gasteiger partial charge on any atom is -0.465 e. The van der Waals surface area contributed by atoms with Crippen molar-refractivity contribution in [2.45, 2.75) is 32.4 Å². The van der Waals surface area contributed by atoms with Gasteiger partial charge in [-0.25, -0.2) is 9.59 Å². The van der Waals surface area contributed by atoms with Gasteiger partial charge in [0.25, 0.3) is 0 Å². The number of rotatable bonds is 3. The average Bonchev–Trinajstić information content (AvgIpc) is 2.40. The Bertz CT molecular complexity index is 542. The number of nitrogens with zero attached hydrogens (tertiary/aromatic N) is 1. The highest BCUT2D eigenvalue weighted by atomic mass is 16.6. The van der Waals surface area contributed by atoms with Crippen LogP contribution in [0, 0.1) is 0 Å². The first kappa shape index (κ1) is 16.1. The number of nitrogens with one attached hydrogen (secondary N) is 1. The molecule has 1 aromatic carbocycles. The molecule has 0 aromatic heterocycles. The molecule has 0 aliphatic carbocycles. The van der Waals surface area contributed by atoms with Crippen LogP contribution < -0.4 is 5.32 Å². The van der Waals surface area contributed by atoms with Gasteiger partial charge in [-0.05, 0) is 45.0 Å². The molecule has 0 unspecified atom stereocenters. The van der Waals surface area contributed by atoms with Gasteiger partial charge in [-0.1, -0.05) is 0 Å². The van der Waals surface area contributed by atoms with E-state index in [9.17, 15) is 9.59 Å². The van der Waals surface area contributed by atoms with Gasteiger partial charge in [0.15, 0.2) is 0 Å². The number of hydrogen-bond donors (Lipinski definition) is 1. The molecule has 1 saturated heterocycles. The summed E-state index contributed by atoms with van der Waals surface area (Å²) in [5.41, 5.74) is 0.942. The summed E-state index contributed by atoms with van der Waals surface area (Å²) in [6.07, 6.45) is -0.286. The fourth-order valence-electron chi connectivity index (χ4n) is 2.10. The number of amides is 1. The van der Waals surface area contributed by atoms with Crippen molar-refractivity contribution >= 4 is 17.7 Å². The molecule has 0 radical (unpaired) electrons. The molecule has 6 nitrogen and oxygen atoms in total. The highest BCUT2D eigenvalue weighted by Crippen LogP contribution is 2.19. The Balaban J connectivity index is 1.80. The maximum atomic E-state index is 11.8. The maximum absolute atomic E-state index is 11.8. The van der Waals surface area contributed by atoms with Crippen LogP contribution in [0.4, 0.5) is 10.5 Å². The van der Waals surface area contributed by atoms with Crippen LogP contribution >= 0.6 is 0 Å². The summed E-state index contributed by atoms with van der Waals surface area (Å²) in [6.45, 7) is 6.76. The molecule has 120 valence electrons. The smallest absolute Gasteiger partial charge is 0.410 e. The molecule has 0 spiro atoms. The molecule has 1 amide bonds. The summed E-state index contributed by atoms with van der Waals surface area (Å²) in [4.78, 5) is 24.8. The SMILES string of the molecule is COC(=O)c1ccc(NC2CN(C(=O)OC(C)(C)C)C2)cc1. The van der Waals surface area contributed by atoms with Crippen molar-refractivity contribution in [3.63, 3.8) is 0 Å². The van der Waals surface area contributed by atoms with E-state index in [0.29, 0.717) is 18.7 Å². The van der Waals surface area contributed by atoms with Crippen molar-refractivity contribution in [2.24, 2.45) is 0 Å². The van der Waals surface area contributed by atoms with Crippen LogP contribution in [0.1, 0.15) is 31.1 Å². The van der Waals surface area contributed by atoms with E-state index >= 15 is 0 Å². The van der Waals surface area contributed by atoms with E-state index in [1.165, 1.54) is 7.11 Å². The third-order valence-corrected chi connectivity index (χ3v) is 3.21. The van der Waals surface area contributed by atoms with Gasteiger partial charge in [0.1, 0.15) is 5.60 Å². The molecule has 1 aliphatic rings. The second-order valence-electron chi connectivity index (χ2n) is 6.30. The zero-order valence-corrected chi connectivity index (χ0v) is 13.4. The van der Waals surface area contributed by atoms with E-state index in [4.69, 9.17) is 4.74 Å². The molecule has 0 atom stereocenters. The lowest BCUT2D eigenvalue weighted by Gasteiger charge is -2.40. The summed E-state index contributed by atoms with van der Waals surface area (Å²) < 4.78 is 9.95. The second-order valence-corrected chi connectivity index (χ2v) is 6.30. The van der Waals surface area contributed by atoms with Crippen molar-refractivity contribution in [2.75, 3.05) is 25.5 Å².